The van der Waals surface area contributed by atoms with E-state index < -0.39 is 0 Å². The van der Waals surface area contributed by atoms with Crippen LogP contribution in [-0.4, -0.2) is 82.1 Å². The summed E-state index contributed by atoms with van der Waals surface area (Å²) in [6.45, 7) is 13.4. The largest absolute Gasteiger partial charge is 0.447 e. The Kier molecular flexibility index (Phi) is 6.77. The van der Waals surface area contributed by atoms with E-state index >= 15 is 0 Å². The van der Waals surface area contributed by atoms with Crippen molar-refractivity contribution in [2.45, 2.75) is 46.4 Å². The molecule has 0 aromatic carbocycles. The zero-order chi connectivity index (χ0) is 17.7. The van der Waals surface area contributed by atoms with Gasteiger partial charge in [0, 0.05) is 45.3 Å². The standard InChI is InChI=1S/C17H30N4O3/c1-5-21(13(2)3)17(23)15-12-24-16(18-15)11-20-8-6-19(7-9-20)10-14(4)22/h12-14,22H,5-11H2,1-4H3. The Morgan fingerprint density at radius 3 is 2.46 bits per heavy atom. The molecule has 1 atom stereocenters. The molecule has 1 aliphatic heterocycles. The van der Waals surface area contributed by atoms with E-state index in [0.29, 0.717) is 31.2 Å². The summed E-state index contributed by atoms with van der Waals surface area (Å²) in [6, 6.07) is 0.143. The Bertz CT molecular complexity index is 522. The zero-order valence-electron chi connectivity index (χ0n) is 15.2. The summed E-state index contributed by atoms with van der Waals surface area (Å²) in [7, 11) is 0. The van der Waals surface area contributed by atoms with Gasteiger partial charge in [-0.1, -0.05) is 0 Å². The first-order valence-corrected chi connectivity index (χ1v) is 8.78. The molecule has 1 N–H and O–H groups in total. The van der Waals surface area contributed by atoms with Gasteiger partial charge in [-0.15, -0.1) is 0 Å². The number of β-amino-alcohol motifs (C(OH)–C–C–N with tert-alkyl or cyclic N) is 1. The summed E-state index contributed by atoms with van der Waals surface area (Å²) < 4.78 is 5.50. The second-order valence-electron chi connectivity index (χ2n) is 6.74. The van der Waals surface area contributed by atoms with Crippen molar-refractivity contribution in [1.29, 1.82) is 0 Å². The lowest BCUT2D eigenvalue weighted by molar-refractivity contribution is 0.0710. The average molecular weight is 338 g/mol. The number of aromatic nitrogens is 1. The Balaban J connectivity index is 1.87. The average Bonchev–Trinajstić information content (AvgIpc) is 2.97. The monoisotopic (exact) mass is 338 g/mol. The molecule has 1 aromatic rings. The molecule has 0 radical (unpaired) electrons. The number of hydrogen-bond acceptors (Lipinski definition) is 6. The lowest BCUT2D eigenvalue weighted by atomic mass is 10.2. The number of hydrogen-bond donors (Lipinski definition) is 1. The number of carbonyl (C=O) groups is 1. The summed E-state index contributed by atoms with van der Waals surface area (Å²) in [5, 5.41) is 9.45. The molecule has 0 spiro atoms. The Hall–Kier alpha value is -1.44. The fourth-order valence-corrected chi connectivity index (χ4v) is 3.07. The highest BCUT2D eigenvalue weighted by Gasteiger charge is 2.23. The highest BCUT2D eigenvalue weighted by molar-refractivity contribution is 5.92. The molecule has 0 saturated carbocycles. The third kappa shape index (κ3) is 5.03. The minimum Gasteiger partial charge on any atom is -0.447 e. The molecule has 136 valence electrons. The van der Waals surface area contributed by atoms with Crippen LogP contribution in [0.1, 0.15) is 44.1 Å². The molecule has 1 amide bonds. The molecule has 7 nitrogen and oxygen atoms in total. The number of rotatable bonds is 7. The summed E-state index contributed by atoms with van der Waals surface area (Å²) in [5.41, 5.74) is 0.383. The molecule has 0 aliphatic carbocycles. The van der Waals surface area contributed by atoms with Gasteiger partial charge in [0.2, 0.25) is 5.89 Å². The van der Waals surface area contributed by atoms with Gasteiger partial charge in [0.15, 0.2) is 5.69 Å². The fourth-order valence-electron chi connectivity index (χ4n) is 3.07. The zero-order valence-corrected chi connectivity index (χ0v) is 15.2. The van der Waals surface area contributed by atoms with Crippen LogP contribution in [0.4, 0.5) is 0 Å². The summed E-state index contributed by atoms with van der Waals surface area (Å²) in [4.78, 5) is 23.1. The van der Waals surface area contributed by atoms with E-state index in [-0.39, 0.29) is 18.1 Å². The third-order valence-corrected chi connectivity index (χ3v) is 4.34. The maximum Gasteiger partial charge on any atom is 0.276 e. The number of aliphatic hydroxyl groups is 1. The maximum atomic E-state index is 12.4. The van der Waals surface area contributed by atoms with Crippen LogP contribution >= 0.6 is 0 Å². The van der Waals surface area contributed by atoms with E-state index in [0.717, 1.165) is 26.2 Å². The van der Waals surface area contributed by atoms with Crippen molar-refractivity contribution in [1.82, 2.24) is 19.7 Å². The molecule has 7 heteroatoms. The molecule has 1 saturated heterocycles. The molecule has 1 fully saturated rings. The van der Waals surface area contributed by atoms with Gasteiger partial charge < -0.3 is 14.4 Å². The van der Waals surface area contributed by atoms with Crippen LogP contribution in [0.3, 0.4) is 0 Å². The first-order valence-electron chi connectivity index (χ1n) is 8.78. The van der Waals surface area contributed by atoms with Gasteiger partial charge in [-0.3, -0.25) is 14.6 Å². The molecule has 1 aliphatic rings. The van der Waals surface area contributed by atoms with Crippen LogP contribution in [0, 0.1) is 0 Å². The third-order valence-electron chi connectivity index (χ3n) is 4.34. The number of aliphatic hydroxyl groups excluding tert-OH is 1. The fraction of sp³-hybridized carbons (Fsp3) is 0.765. The van der Waals surface area contributed by atoms with Crippen molar-refractivity contribution in [2.75, 3.05) is 39.3 Å². The van der Waals surface area contributed by atoms with Crippen LogP contribution < -0.4 is 0 Å². The maximum absolute atomic E-state index is 12.4. The lowest BCUT2D eigenvalue weighted by Gasteiger charge is -2.34. The molecule has 1 aromatic heterocycles. The van der Waals surface area contributed by atoms with Crippen molar-refractivity contribution in [3.8, 4) is 0 Å². The topological polar surface area (TPSA) is 73.1 Å². The van der Waals surface area contributed by atoms with Gasteiger partial charge in [-0.2, -0.15) is 0 Å². The molecule has 0 bridgehead atoms. The first-order chi connectivity index (χ1) is 11.4. The molecule has 2 rings (SSSR count). The van der Waals surface area contributed by atoms with Crippen molar-refractivity contribution >= 4 is 5.91 Å². The van der Waals surface area contributed by atoms with Crippen LogP contribution in [0.15, 0.2) is 10.7 Å². The summed E-state index contributed by atoms with van der Waals surface area (Å²) in [5.74, 6) is 0.506. The minimum absolute atomic E-state index is 0.0794. The number of carbonyl (C=O) groups excluding carboxylic acids is 1. The normalized spacial score (nSPS) is 18.1. The lowest BCUT2D eigenvalue weighted by Crippen LogP contribution is -2.47. The number of amides is 1. The second kappa shape index (κ2) is 8.60. The summed E-state index contributed by atoms with van der Waals surface area (Å²) >= 11 is 0. The quantitative estimate of drug-likeness (QED) is 0.801. The van der Waals surface area contributed by atoms with Gasteiger partial charge in [0.1, 0.15) is 6.26 Å². The molecular weight excluding hydrogens is 308 g/mol. The van der Waals surface area contributed by atoms with E-state index in [2.05, 4.69) is 14.8 Å². The van der Waals surface area contributed by atoms with E-state index in [1.54, 1.807) is 4.90 Å². The van der Waals surface area contributed by atoms with Crippen LogP contribution in [-0.2, 0) is 6.54 Å². The number of oxazole rings is 1. The molecule has 24 heavy (non-hydrogen) atoms. The van der Waals surface area contributed by atoms with Gasteiger partial charge in [0.25, 0.3) is 5.91 Å². The number of nitrogens with zero attached hydrogens (tertiary/aromatic N) is 4. The Morgan fingerprint density at radius 2 is 1.92 bits per heavy atom. The predicted octanol–water partition coefficient (Wildman–Crippen LogP) is 1.04. The van der Waals surface area contributed by atoms with Crippen molar-refractivity contribution in [3.63, 3.8) is 0 Å². The van der Waals surface area contributed by atoms with Crippen LogP contribution in [0.5, 0.6) is 0 Å². The minimum atomic E-state index is -0.292. The van der Waals surface area contributed by atoms with Gasteiger partial charge in [0.05, 0.1) is 12.6 Å². The Morgan fingerprint density at radius 1 is 1.29 bits per heavy atom. The SMILES string of the molecule is CCN(C(=O)c1coc(CN2CCN(CC(C)O)CC2)n1)C(C)C. The van der Waals surface area contributed by atoms with Crippen molar-refractivity contribution in [3.05, 3.63) is 17.8 Å². The van der Waals surface area contributed by atoms with Gasteiger partial charge >= 0.3 is 0 Å². The van der Waals surface area contributed by atoms with Crippen molar-refractivity contribution in [2.24, 2.45) is 0 Å². The second-order valence-corrected chi connectivity index (χ2v) is 6.74. The Labute approximate surface area is 144 Å². The highest BCUT2D eigenvalue weighted by Crippen LogP contribution is 2.12. The highest BCUT2D eigenvalue weighted by atomic mass is 16.3. The van der Waals surface area contributed by atoms with E-state index in [1.165, 1.54) is 6.26 Å². The van der Waals surface area contributed by atoms with E-state index in [4.69, 9.17) is 4.42 Å². The number of piperazine rings is 1. The smallest absolute Gasteiger partial charge is 0.276 e. The van der Waals surface area contributed by atoms with E-state index in [9.17, 15) is 9.90 Å². The molecule has 2 heterocycles. The van der Waals surface area contributed by atoms with Crippen LogP contribution in [0.25, 0.3) is 0 Å². The van der Waals surface area contributed by atoms with Crippen molar-refractivity contribution < 1.29 is 14.3 Å². The van der Waals surface area contributed by atoms with Gasteiger partial charge in [-0.05, 0) is 27.7 Å². The molecular formula is C17H30N4O3. The van der Waals surface area contributed by atoms with E-state index in [1.807, 2.05) is 27.7 Å². The molecule has 1 unspecified atom stereocenters. The first kappa shape index (κ1) is 18.9. The summed E-state index contributed by atoms with van der Waals surface area (Å²) in [6.07, 6.45) is 1.17. The predicted molar refractivity (Wildman–Crippen MR) is 91.7 cm³/mol. The van der Waals surface area contributed by atoms with Gasteiger partial charge in [-0.25, -0.2) is 4.98 Å². The van der Waals surface area contributed by atoms with Crippen LogP contribution in [0.2, 0.25) is 0 Å².